The minimum Gasteiger partial charge on any atom is -0.455 e. The predicted molar refractivity (Wildman–Crippen MR) is 183 cm³/mol. The molecule has 2 saturated heterocycles. The molecule has 2 fully saturated rings. The van der Waals surface area contributed by atoms with E-state index >= 15 is 4.79 Å². The zero-order valence-electron chi connectivity index (χ0n) is 28.4. The topological polar surface area (TPSA) is 125 Å². The number of rotatable bonds is 8. The fraction of sp³-hybridized carbons (Fsp3) is 0.487. The number of carbonyl (C=O) groups excluding carboxylic acids is 4. The third kappa shape index (κ3) is 6.56. The summed E-state index contributed by atoms with van der Waals surface area (Å²) in [6.45, 7) is 5.73. The van der Waals surface area contributed by atoms with Gasteiger partial charge in [0.2, 0.25) is 17.7 Å². The molecule has 260 valence electrons. The van der Waals surface area contributed by atoms with E-state index in [1.807, 2.05) is 79.7 Å². The molecule has 2 N–H and O–H groups in total. The summed E-state index contributed by atoms with van der Waals surface area (Å²) in [6.07, 6.45) is 8.31. The Hall–Kier alpha value is -4.28. The van der Waals surface area contributed by atoms with Crippen LogP contribution in [0.15, 0.2) is 85.0 Å². The van der Waals surface area contributed by atoms with E-state index in [1.54, 1.807) is 24.0 Å². The molecule has 2 aromatic carbocycles. The Balaban J connectivity index is 1.45. The van der Waals surface area contributed by atoms with Gasteiger partial charge in [0, 0.05) is 19.0 Å². The number of ether oxygens (including phenoxy) is 2. The molecule has 10 heteroatoms. The van der Waals surface area contributed by atoms with Gasteiger partial charge in [-0.05, 0) is 44.2 Å². The molecule has 0 saturated carbocycles. The van der Waals surface area contributed by atoms with Gasteiger partial charge in [0.05, 0.1) is 30.7 Å². The van der Waals surface area contributed by atoms with Crippen molar-refractivity contribution in [2.24, 2.45) is 11.8 Å². The Labute approximate surface area is 288 Å². The molecule has 5 bridgehead atoms. The van der Waals surface area contributed by atoms with Crippen LogP contribution in [0.2, 0.25) is 0 Å². The Morgan fingerprint density at radius 3 is 2.41 bits per heavy atom. The molecule has 4 heterocycles. The summed E-state index contributed by atoms with van der Waals surface area (Å²) in [7, 11) is 0. The first-order valence-corrected chi connectivity index (χ1v) is 17.5. The van der Waals surface area contributed by atoms with Gasteiger partial charge >= 0.3 is 5.97 Å². The number of aliphatic hydroxyl groups excluding tert-OH is 1. The Morgan fingerprint density at radius 2 is 1.71 bits per heavy atom. The summed E-state index contributed by atoms with van der Waals surface area (Å²) < 4.78 is 12.9. The molecule has 9 atom stereocenters. The first-order chi connectivity index (χ1) is 23.7. The number of fused-ring (bicyclic) bond motifs is 2. The van der Waals surface area contributed by atoms with E-state index in [0.29, 0.717) is 18.4 Å². The first kappa shape index (κ1) is 34.6. The van der Waals surface area contributed by atoms with Gasteiger partial charge in [-0.2, -0.15) is 0 Å². The summed E-state index contributed by atoms with van der Waals surface area (Å²) in [5.41, 5.74) is 0.186. The summed E-state index contributed by atoms with van der Waals surface area (Å²) in [6, 6.07) is 16.2. The highest BCUT2D eigenvalue weighted by molar-refractivity contribution is 5.99. The number of cyclic esters (lactones) is 1. The minimum atomic E-state index is -1.42. The number of hydrogen-bond donors (Lipinski definition) is 2. The first-order valence-electron chi connectivity index (χ1n) is 17.5. The van der Waals surface area contributed by atoms with Crippen LogP contribution < -0.4 is 5.32 Å². The van der Waals surface area contributed by atoms with Crippen molar-refractivity contribution in [1.29, 1.82) is 0 Å². The molecule has 4 aliphatic rings. The molecule has 10 nitrogen and oxygen atoms in total. The summed E-state index contributed by atoms with van der Waals surface area (Å²) in [5, 5.41) is 13.8. The lowest BCUT2D eigenvalue weighted by Crippen LogP contribution is -2.60. The highest BCUT2D eigenvalue weighted by Crippen LogP contribution is 2.56. The zero-order chi connectivity index (χ0) is 34.7. The van der Waals surface area contributed by atoms with E-state index in [1.165, 1.54) is 4.90 Å². The summed E-state index contributed by atoms with van der Waals surface area (Å²) in [5.74, 6) is -3.60. The maximum absolute atomic E-state index is 15.0. The Bertz CT molecular complexity index is 1580. The third-order valence-corrected chi connectivity index (χ3v) is 10.5. The fourth-order valence-corrected chi connectivity index (χ4v) is 8.13. The van der Waals surface area contributed by atoms with Gasteiger partial charge in [-0.15, -0.1) is 0 Å². The number of carbonyl (C=O) groups is 4. The SMILES string of the molecule is CCCC(C)N1C/C=C\CCC(=O)N[C@@H](C)[C@H](c2ccccc2)OC(=O)[C@@H]2[C@H]3C(=O)N([C@@H](CO)Cc4ccccc4)[C@H](C1=O)[C@]31C=C[C@H]2O1. The number of aliphatic hydroxyl groups is 1. The third-order valence-electron chi connectivity index (χ3n) is 10.5. The monoisotopic (exact) mass is 669 g/mol. The fourth-order valence-electron chi connectivity index (χ4n) is 8.13. The molecular formula is C39H47N3O7. The second-order valence-corrected chi connectivity index (χ2v) is 13.7. The molecule has 1 unspecified atom stereocenters. The van der Waals surface area contributed by atoms with Crippen LogP contribution >= 0.6 is 0 Å². The van der Waals surface area contributed by atoms with Crippen LogP contribution in [-0.2, 0) is 35.1 Å². The predicted octanol–water partition coefficient (Wildman–Crippen LogP) is 3.90. The molecule has 1 spiro atoms. The van der Waals surface area contributed by atoms with Crippen molar-refractivity contribution >= 4 is 23.7 Å². The van der Waals surface area contributed by atoms with Gasteiger partial charge in [0.15, 0.2) is 0 Å². The van der Waals surface area contributed by atoms with Gasteiger partial charge in [-0.3, -0.25) is 19.2 Å². The van der Waals surface area contributed by atoms with Crippen LogP contribution in [0.4, 0.5) is 0 Å². The van der Waals surface area contributed by atoms with Gasteiger partial charge in [-0.1, -0.05) is 98.3 Å². The standard InChI is InChI=1S/C39H47N3O7/c1-4-14-25(2)41-22-13-7-12-19-31(44)40-26(3)34(28-17-10-6-11-18-28)48-38(47)32-30-20-21-39(49-30)33(32)36(45)42(35(39)37(41)46)29(24-43)23-27-15-8-5-9-16-27/h5-11,13,15-18,20-21,25-26,29-30,32-35,43H,4,12,14,19,22-24H2,1-3H3,(H,40,44)/b13-7-/t25?,26-,29+,30+,32-,33-,34+,35+,39-/m0/s1. The molecule has 49 heavy (non-hydrogen) atoms. The van der Waals surface area contributed by atoms with E-state index in [4.69, 9.17) is 9.47 Å². The zero-order valence-corrected chi connectivity index (χ0v) is 28.4. The van der Waals surface area contributed by atoms with Crippen molar-refractivity contribution in [2.75, 3.05) is 13.2 Å². The lowest BCUT2D eigenvalue weighted by atomic mass is 9.74. The van der Waals surface area contributed by atoms with Gasteiger partial charge < -0.3 is 29.7 Å². The van der Waals surface area contributed by atoms with E-state index in [-0.39, 0.29) is 37.4 Å². The van der Waals surface area contributed by atoms with Gasteiger partial charge in [0.1, 0.15) is 23.7 Å². The van der Waals surface area contributed by atoms with Crippen molar-refractivity contribution in [2.45, 2.75) is 94.9 Å². The quantitative estimate of drug-likeness (QED) is 0.323. The molecule has 0 aromatic heterocycles. The number of hydrogen-bond acceptors (Lipinski definition) is 7. The average Bonchev–Trinajstić information content (AvgIpc) is 3.75. The normalized spacial score (nSPS) is 32.1. The molecule has 4 aliphatic heterocycles. The Kier molecular flexibility index (Phi) is 10.4. The highest BCUT2D eigenvalue weighted by atomic mass is 16.6. The van der Waals surface area contributed by atoms with E-state index in [9.17, 15) is 19.5 Å². The van der Waals surface area contributed by atoms with Crippen molar-refractivity contribution < 1.29 is 33.8 Å². The van der Waals surface area contributed by atoms with Crippen LogP contribution in [0.3, 0.4) is 0 Å². The molecule has 6 rings (SSSR count). The number of amides is 3. The van der Waals surface area contributed by atoms with Crippen LogP contribution in [0.25, 0.3) is 0 Å². The molecule has 3 amide bonds. The molecule has 2 aromatic rings. The average molecular weight is 670 g/mol. The molecule has 0 radical (unpaired) electrons. The number of allylic oxidation sites excluding steroid dienone is 1. The summed E-state index contributed by atoms with van der Waals surface area (Å²) in [4.78, 5) is 60.4. The molecule has 0 aliphatic carbocycles. The number of nitrogens with zero attached hydrogens (tertiary/aromatic N) is 2. The number of esters is 1. The maximum atomic E-state index is 15.0. The lowest BCUT2D eigenvalue weighted by molar-refractivity contribution is -0.162. The number of nitrogens with one attached hydrogen (secondary N) is 1. The van der Waals surface area contributed by atoms with Crippen molar-refractivity contribution in [3.05, 3.63) is 96.1 Å². The van der Waals surface area contributed by atoms with Crippen LogP contribution in [0.5, 0.6) is 0 Å². The Morgan fingerprint density at radius 1 is 1.00 bits per heavy atom. The van der Waals surface area contributed by atoms with Crippen molar-refractivity contribution in [1.82, 2.24) is 15.1 Å². The molecular weight excluding hydrogens is 622 g/mol. The maximum Gasteiger partial charge on any atom is 0.313 e. The van der Waals surface area contributed by atoms with Crippen LogP contribution in [0.1, 0.15) is 63.7 Å². The van der Waals surface area contributed by atoms with Gasteiger partial charge in [0.25, 0.3) is 0 Å². The number of benzene rings is 2. The van der Waals surface area contributed by atoms with Crippen molar-refractivity contribution in [3.8, 4) is 0 Å². The summed E-state index contributed by atoms with van der Waals surface area (Å²) >= 11 is 0. The largest absolute Gasteiger partial charge is 0.455 e. The van der Waals surface area contributed by atoms with E-state index < -0.39 is 59.6 Å². The highest BCUT2D eigenvalue weighted by Gasteiger charge is 2.74. The smallest absolute Gasteiger partial charge is 0.313 e. The van der Waals surface area contributed by atoms with Crippen molar-refractivity contribution in [3.63, 3.8) is 0 Å². The number of likely N-dealkylation sites (tertiary alicyclic amines) is 1. The second-order valence-electron chi connectivity index (χ2n) is 13.7. The second kappa shape index (κ2) is 14.7. The van der Waals surface area contributed by atoms with E-state index in [2.05, 4.69) is 12.2 Å². The van der Waals surface area contributed by atoms with Gasteiger partial charge in [-0.25, -0.2) is 0 Å². The minimum absolute atomic E-state index is 0.169. The van der Waals surface area contributed by atoms with Crippen LogP contribution in [-0.4, -0.2) is 87.6 Å². The van der Waals surface area contributed by atoms with E-state index in [0.717, 1.165) is 18.4 Å². The lowest BCUT2D eigenvalue weighted by Gasteiger charge is -2.40. The van der Waals surface area contributed by atoms with Crippen LogP contribution in [0, 0.1) is 11.8 Å².